The maximum absolute atomic E-state index is 12.0. The monoisotopic (exact) mass is 353 g/mol. The predicted octanol–water partition coefficient (Wildman–Crippen LogP) is 2.03. The number of carbonyl (C=O) groups excluding carboxylic acids is 2. The van der Waals surface area contributed by atoms with Gasteiger partial charge in [0.1, 0.15) is 6.61 Å². The van der Waals surface area contributed by atoms with Gasteiger partial charge in [0.15, 0.2) is 5.78 Å². The number of rotatable bonds is 8. The SMILES string of the molecule is CN(C)C(=O)OCCN1CCN(CCCC(=O)c2cccs2)CC1. The molecule has 0 aliphatic carbocycles. The van der Waals surface area contributed by atoms with Crippen LogP contribution in [0.25, 0.3) is 0 Å². The highest BCUT2D eigenvalue weighted by molar-refractivity contribution is 7.12. The summed E-state index contributed by atoms with van der Waals surface area (Å²) in [7, 11) is 3.37. The molecule has 1 saturated heterocycles. The van der Waals surface area contributed by atoms with Crippen LogP contribution in [0.15, 0.2) is 17.5 Å². The summed E-state index contributed by atoms with van der Waals surface area (Å²) in [5.41, 5.74) is 0. The Balaban J connectivity index is 1.54. The highest BCUT2D eigenvalue weighted by Crippen LogP contribution is 2.13. The lowest BCUT2D eigenvalue weighted by Gasteiger charge is -2.34. The van der Waals surface area contributed by atoms with Crippen molar-refractivity contribution in [2.45, 2.75) is 12.8 Å². The Kier molecular flexibility index (Phi) is 7.68. The van der Waals surface area contributed by atoms with Crippen molar-refractivity contribution in [3.63, 3.8) is 0 Å². The van der Waals surface area contributed by atoms with Crippen LogP contribution in [-0.4, -0.2) is 86.5 Å². The summed E-state index contributed by atoms with van der Waals surface area (Å²) in [5, 5.41) is 1.95. The van der Waals surface area contributed by atoms with Crippen LogP contribution in [-0.2, 0) is 4.74 Å². The van der Waals surface area contributed by atoms with E-state index < -0.39 is 0 Å². The van der Waals surface area contributed by atoms with Crippen LogP contribution in [0.4, 0.5) is 4.79 Å². The fraction of sp³-hybridized carbons (Fsp3) is 0.647. The zero-order valence-electron chi connectivity index (χ0n) is 14.6. The molecule has 1 aromatic heterocycles. The largest absolute Gasteiger partial charge is 0.448 e. The number of carbonyl (C=O) groups is 2. The summed E-state index contributed by atoms with van der Waals surface area (Å²) in [6, 6.07) is 3.82. The molecule has 1 amide bonds. The Morgan fingerprint density at radius 2 is 1.83 bits per heavy atom. The number of piperazine rings is 1. The van der Waals surface area contributed by atoms with Crippen molar-refractivity contribution in [2.75, 3.05) is 60.0 Å². The first-order valence-corrected chi connectivity index (χ1v) is 9.29. The summed E-state index contributed by atoms with van der Waals surface area (Å²) in [6.45, 7) is 6.18. The molecular weight excluding hydrogens is 326 g/mol. The molecule has 0 aromatic carbocycles. The fourth-order valence-electron chi connectivity index (χ4n) is 2.65. The van der Waals surface area contributed by atoms with Crippen molar-refractivity contribution in [2.24, 2.45) is 0 Å². The average Bonchev–Trinajstić information content (AvgIpc) is 3.10. The van der Waals surface area contributed by atoms with Gasteiger partial charge in [-0.1, -0.05) is 6.07 Å². The van der Waals surface area contributed by atoms with E-state index in [-0.39, 0.29) is 11.9 Å². The molecule has 0 bridgehead atoms. The Morgan fingerprint density at radius 3 is 2.42 bits per heavy atom. The third-order valence-electron chi connectivity index (χ3n) is 4.14. The van der Waals surface area contributed by atoms with Crippen molar-refractivity contribution in [1.29, 1.82) is 0 Å². The van der Waals surface area contributed by atoms with E-state index >= 15 is 0 Å². The number of thiophene rings is 1. The van der Waals surface area contributed by atoms with E-state index in [0.29, 0.717) is 13.0 Å². The van der Waals surface area contributed by atoms with Gasteiger partial charge in [-0.15, -0.1) is 11.3 Å². The second kappa shape index (κ2) is 9.76. The van der Waals surface area contributed by atoms with Gasteiger partial charge >= 0.3 is 6.09 Å². The lowest BCUT2D eigenvalue weighted by molar-refractivity contribution is 0.0817. The van der Waals surface area contributed by atoms with Crippen molar-refractivity contribution in [3.05, 3.63) is 22.4 Å². The van der Waals surface area contributed by atoms with Crippen LogP contribution in [0.3, 0.4) is 0 Å². The van der Waals surface area contributed by atoms with Gasteiger partial charge in [-0.25, -0.2) is 4.79 Å². The van der Waals surface area contributed by atoms with E-state index in [2.05, 4.69) is 9.80 Å². The molecule has 1 aliphatic rings. The molecular formula is C17H27N3O3S. The predicted molar refractivity (Wildman–Crippen MR) is 95.8 cm³/mol. The lowest BCUT2D eigenvalue weighted by atomic mass is 10.2. The standard InChI is InChI=1S/C17H27N3O3S/c1-18(2)17(22)23-13-12-20-10-8-19(9-11-20)7-3-5-15(21)16-6-4-14-24-16/h4,6,14H,3,5,7-13H2,1-2H3. The summed E-state index contributed by atoms with van der Waals surface area (Å²) in [5.74, 6) is 0.256. The molecule has 0 radical (unpaired) electrons. The van der Waals surface area contributed by atoms with E-state index in [1.165, 1.54) is 16.2 Å². The topological polar surface area (TPSA) is 53.1 Å². The minimum Gasteiger partial charge on any atom is -0.448 e. The number of Topliss-reactive ketones (excluding diaryl/α,β-unsaturated/α-hetero) is 1. The van der Waals surface area contributed by atoms with E-state index in [4.69, 9.17) is 4.74 Å². The first-order chi connectivity index (χ1) is 11.6. The van der Waals surface area contributed by atoms with E-state index in [0.717, 1.165) is 50.6 Å². The first kappa shape index (κ1) is 18.9. The van der Waals surface area contributed by atoms with E-state index in [1.54, 1.807) is 14.1 Å². The minimum atomic E-state index is -0.288. The molecule has 1 fully saturated rings. The number of amides is 1. The van der Waals surface area contributed by atoms with Gasteiger partial charge in [0.05, 0.1) is 4.88 Å². The third kappa shape index (κ3) is 6.22. The molecule has 1 aromatic rings. The number of ketones is 1. The van der Waals surface area contributed by atoms with Gasteiger partial charge < -0.3 is 14.5 Å². The number of hydrogen-bond acceptors (Lipinski definition) is 6. The molecule has 0 saturated carbocycles. The molecule has 2 rings (SSSR count). The van der Waals surface area contributed by atoms with Crippen LogP contribution in [0, 0.1) is 0 Å². The van der Waals surface area contributed by atoms with E-state index in [1.807, 2.05) is 17.5 Å². The summed E-state index contributed by atoms with van der Waals surface area (Å²) in [6.07, 6.45) is 1.25. The Labute approximate surface area is 148 Å². The third-order valence-corrected chi connectivity index (χ3v) is 5.05. The van der Waals surface area contributed by atoms with Crippen LogP contribution in [0.5, 0.6) is 0 Å². The minimum absolute atomic E-state index is 0.256. The van der Waals surface area contributed by atoms with Gasteiger partial charge in [-0.3, -0.25) is 9.69 Å². The molecule has 24 heavy (non-hydrogen) atoms. The highest BCUT2D eigenvalue weighted by atomic mass is 32.1. The Bertz CT molecular complexity index is 511. The fourth-order valence-corrected chi connectivity index (χ4v) is 3.35. The molecule has 134 valence electrons. The van der Waals surface area contributed by atoms with Gasteiger partial charge in [0, 0.05) is 53.2 Å². The molecule has 6 nitrogen and oxygen atoms in total. The summed E-state index contributed by atoms with van der Waals surface area (Å²) >= 11 is 1.52. The van der Waals surface area contributed by atoms with Crippen LogP contribution in [0.1, 0.15) is 22.5 Å². The van der Waals surface area contributed by atoms with E-state index in [9.17, 15) is 9.59 Å². The average molecular weight is 353 g/mol. The normalized spacial score (nSPS) is 16.1. The van der Waals surface area contributed by atoms with Crippen molar-refractivity contribution < 1.29 is 14.3 Å². The molecule has 0 N–H and O–H groups in total. The second-order valence-electron chi connectivity index (χ2n) is 6.20. The molecule has 2 heterocycles. The van der Waals surface area contributed by atoms with Crippen molar-refractivity contribution >= 4 is 23.2 Å². The van der Waals surface area contributed by atoms with Gasteiger partial charge in [-0.05, 0) is 24.4 Å². The smallest absolute Gasteiger partial charge is 0.409 e. The highest BCUT2D eigenvalue weighted by Gasteiger charge is 2.17. The molecule has 0 spiro atoms. The maximum Gasteiger partial charge on any atom is 0.409 e. The first-order valence-electron chi connectivity index (χ1n) is 8.42. The van der Waals surface area contributed by atoms with Gasteiger partial charge in [0.2, 0.25) is 0 Å². The maximum atomic E-state index is 12.0. The zero-order valence-corrected chi connectivity index (χ0v) is 15.4. The lowest BCUT2D eigenvalue weighted by Crippen LogP contribution is -2.47. The molecule has 0 unspecified atom stereocenters. The van der Waals surface area contributed by atoms with Crippen LogP contribution in [0.2, 0.25) is 0 Å². The van der Waals surface area contributed by atoms with Gasteiger partial charge in [0.25, 0.3) is 0 Å². The van der Waals surface area contributed by atoms with Crippen molar-refractivity contribution in [1.82, 2.24) is 14.7 Å². The van der Waals surface area contributed by atoms with Gasteiger partial charge in [-0.2, -0.15) is 0 Å². The Morgan fingerprint density at radius 1 is 1.17 bits per heavy atom. The van der Waals surface area contributed by atoms with Crippen LogP contribution >= 0.6 is 11.3 Å². The molecule has 7 heteroatoms. The quantitative estimate of drug-likeness (QED) is 0.670. The zero-order chi connectivity index (χ0) is 17.4. The van der Waals surface area contributed by atoms with Crippen LogP contribution < -0.4 is 0 Å². The number of hydrogen-bond donors (Lipinski definition) is 0. The summed E-state index contributed by atoms with van der Waals surface area (Å²) in [4.78, 5) is 30.3. The molecule has 0 atom stereocenters. The summed E-state index contributed by atoms with van der Waals surface area (Å²) < 4.78 is 5.15. The molecule has 1 aliphatic heterocycles. The number of nitrogens with zero attached hydrogens (tertiary/aromatic N) is 3. The number of ether oxygens (including phenoxy) is 1. The Hall–Kier alpha value is -1.44. The second-order valence-corrected chi connectivity index (χ2v) is 7.14. The van der Waals surface area contributed by atoms with Crippen molar-refractivity contribution in [3.8, 4) is 0 Å².